The fourth-order valence-electron chi connectivity index (χ4n) is 6.17. The topological polar surface area (TPSA) is 130 Å². The van der Waals surface area contributed by atoms with E-state index in [1.807, 2.05) is 6.07 Å². The van der Waals surface area contributed by atoms with Gasteiger partial charge in [0.25, 0.3) is 5.91 Å². The first-order valence-corrected chi connectivity index (χ1v) is 19.2. The van der Waals surface area contributed by atoms with Crippen molar-refractivity contribution in [3.63, 3.8) is 0 Å². The number of nitrogens with one attached hydrogen (secondary N) is 1. The largest absolute Gasteiger partial charge is 0.414 e. The summed E-state index contributed by atoms with van der Waals surface area (Å²) in [6, 6.07) is 10.2. The predicted octanol–water partition coefficient (Wildman–Crippen LogP) is 4.73. The zero-order valence-corrected chi connectivity index (χ0v) is 28.5. The van der Waals surface area contributed by atoms with Gasteiger partial charge in [-0.05, 0) is 40.4 Å². The lowest BCUT2D eigenvalue weighted by molar-refractivity contribution is -0.0782. The smallest absolute Gasteiger partial charge is 0.351 e. The maximum absolute atomic E-state index is 13.4. The minimum Gasteiger partial charge on any atom is -0.414 e. The van der Waals surface area contributed by atoms with Gasteiger partial charge in [-0.15, -0.1) is 0 Å². The van der Waals surface area contributed by atoms with E-state index in [0.717, 1.165) is 0 Å². The number of nitrogens with zero attached hydrogens (tertiary/aromatic N) is 2. The fourth-order valence-corrected chi connectivity index (χ4v) is 17.4. The molecule has 0 aliphatic carbocycles. The molecule has 3 heterocycles. The number of amides is 1. The van der Waals surface area contributed by atoms with E-state index in [2.05, 4.69) is 65.7 Å². The quantitative estimate of drug-likeness (QED) is 0.357. The summed E-state index contributed by atoms with van der Waals surface area (Å²) in [6.45, 7) is 17.2. The van der Waals surface area contributed by atoms with E-state index >= 15 is 0 Å². The summed E-state index contributed by atoms with van der Waals surface area (Å²) in [5.41, 5.74) is 0.347. The molecule has 4 rings (SSSR count). The highest BCUT2D eigenvalue weighted by Crippen LogP contribution is 2.48. The van der Waals surface area contributed by atoms with Gasteiger partial charge in [0.2, 0.25) is 0 Å². The van der Waals surface area contributed by atoms with Crippen molar-refractivity contribution in [2.24, 2.45) is 0 Å². The average Bonchev–Trinajstić information content (AvgIpc) is 3.27. The summed E-state index contributed by atoms with van der Waals surface area (Å²) >= 11 is 0. The molecule has 0 spiro atoms. The molecule has 2 aliphatic rings. The van der Waals surface area contributed by atoms with Crippen LogP contribution in [0.4, 0.5) is 5.82 Å². The maximum Gasteiger partial charge on any atom is 0.351 e. The maximum atomic E-state index is 13.4. The van der Waals surface area contributed by atoms with Gasteiger partial charge in [0.15, 0.2) is 6.23 Å². The van der Waals surface area contributed by atoms with Crippen LogP contribution in [-0.4, -0.2) is 75.8 Å². The Morgan fingerprint density at radius 1 is 1.02 bits per heavy atom. The minimum absolute atomic E-state index is 0.0286. The highest BCUT2D eigenvalue weighted by atomic mass is 28.5. The summed E-state index contributed by atoms with van der Waals surface area (Å²) in [6.07, 6.45) is -1.27. The molecule has 0 radical (unpaired) electrons. The third-order valence-corrected chi connectivity index (χ3v) is 18.6. The molecule has 2 fully saturated rings. The van der Waals surface area contributed by atoms with E-state index in [1.165, 1.54) is 10.8 Å². The lowest BCUT2D eigenvalue weighted by Gasteiger charge is -2.51. The lowest BCUT2D eigenvalue weighted by Crippen LogP contribution is -2.66. The molecule has 2 aliphatic heterocycles. The van der Waals surface area contributed by atoms with Gasteiger partial charge in [-0.25, -0.2) is 4.79 Å². The number of aliphatic hydroxyl groups is 1. The SMILES string of the molecule is CC(C)[Si]1(C(C)C)OC[C@H]2O[C@@H](n3ccc(NC(=O)c4ccccc4)nc3=O)[C@H](OCCO)[C@@H]2O[Si](C(C)C)(C(C)C)O1. The summed E-state index contributed by atoms with van der Waals surface area (Å²) in [5.74, 6) is -0.252. The first kappa shape index (κ1) is 33.7. The van der Waals surface area contributed by atoms with E-state index in [0.29, 0.717) is 5.56 Å². The van der Waals surface area contributed by atoms with Gasteiger partial charge in [-0.1, -0.05) is 73.6 Å². The van der Waals surface area contributed by atoms with Crippen molar-refractivity contribution in [3.8, 4) is 0 Å². The van der Waals surface area contributed by atoms with Crippen molar-refractivity contribution in [2.75, 3.05) is 25.1 Å². The van der Waals surface area contributed by atoms with Crippen LogP contribution in [0.15, 0.2) is 47.4 Å². The van der Waals surface area contributed by atoms with Crippen molar-refractivity contribution >= 4 is 28.8 Å². The van der Waals surface area contributed by atoms with Crippen LogP contribution in [0, 0.1) is 0 Å². The van der Waals surface area contributed by atoms with Crippen LogP contribution >= 0.6 is 0 Å². The molecule has 2 N–H and O–H groups in total. The van der Waals surface area contributed by atoms with Gasteiger partial charge < -0.3 is 32.9 Å². The Labute approximate surface area is 256 Å². The number of hydrogen-bond donors (Lipinski definition) is 2. The first-order valence-electron chi connectivity index (χ1n) is 15.2. The Morgan fingerprint density at radius 2 is 1.65 bits per heavy atom. The van der Waals surface area contributed by atoms with Crippen LogP contribution < -0.4 is 11.0 Å². The standard InChI is InChI=1S/C30H47N3O8Si2/c1-19(2)42(20(3)4)38-18-24-26(40-43(41-42,21(5)6)22(7)8)27(37-17-16-34)29(39-24)33-15-14-25(32-30(33)36)31-28(35)23-12-10-9-11-13-23/h9-15,19-22,24,26-27,29,34H,16-18H2,1-8H3,(H,31,32,35,36)/t24-,26-,27-,29-/m1/s1. The molecule has 1 aromatic heterocycles. The minimum atomic E-state index is -2.99. The Bertz CT molecular complexity index is 1270. The van der Waals surface area contributed by atoms with Gasteiger partial charge in [0.05, 0.1) is 19.8 Å². The summed E-state index contributed by atoms with van der Waals surface area (Å²) < 4.78 is 35.3. The molecular weight excluding hydrogens is 587 g/mol. The van der Waals surface area contributed by atoms with Gasteiger partial charge in [0, 0.05) is 11.8 Å². The Balaban J connectivity index is 1.71. The fraction of sp³-hybridized carbons (Fsp3) is 0.633. The van der Waals surface area contributed by atoms with Gasteiger partial charge in [0.1, 0.15) is 24.1 Å². The van der Waals surface area contributed by atoms with Crippen molar-refractivity contribution in [3.05, 3.63) is 58.6 Å². The highest BCUT2D eigenvalue weighted by molar-refractivity contribution is 6.84. The van der Waals surface area contributed by atoms with Crippen LogP contribution in [0.25, 0.3) is 0 Å². The van der Waals surface area contributed by atoms with E-state index < -0.39 is 47.4 Å². The highest BCUT2D eigenvalue weighted by Gasteiger charge is 2.62. The summed E-state index contributed by atoms with van der Waals surface area (Å²) in [4.78, 5) is 30.1. The molecule has 238 valence electrons. The number of carbonyl (C=O) groups is 1. The Morgan fingerprint density at radius 3 is 2.21 bits per heavy atom. The number of hydrogen-bond acceptors (Lipinski definition) is 9. The zero-order chi connectivity index (χ0) is 31.5. The van der Waals surface area contributed by atoms with E-state index in [9.17, 15) is 14.7 Å². The number of ether oxygens (including phenoxy) is 2. The van der Waals surface area contributed by atoms with Crippen molar-refractivity contribution < 1.29 is 32.3 Å². The Kier molecular flexibility index (Phi) is 10.8. The van der Waals surface area contributed by atoms with Gasteiger partial charge in [-0.3, -0.25) is 9.36 Å². The third-order valence-electron chi connectivity index (χ3n) is 8.40. The van der Waals surface area contributed by atoms with Crippen LogP contribution in [0.1, 0.15) is 72.0 Å². The molecule has 11 nitrogen and oxygen atoms in total. The molecule has 1 aromatic carbocycles. The lowest BCUT2D eigenvalue weighted by atomic mass is 10.1. The third kappa shape index (κ3) is 6.73. The molecule has 2 aromatic rings. The predicted molar refractivity (Wildman–Crippen MR) is 167 cm³/mol. The summed E-state index contributed by atoms with van der Waals surface area (Å²) in [7, 11) is -5.78. The second kappa shape index (κ2) is 13.8. The zero-order valence-electron chi connectivity index (χ0n) is 26.5. The molecule has 13 heteroatoms. The number of anilines is 1. The van der Waals surface area contributed by atoms with Crippen molar-refractivity contribution in [1.82, 2.24) is 9.55 Å². The monoisotopic (exact) mass is 633 g/mol. The normalized spacial score (nSPS) is 25.1. The molecular formula is C30H47N3O8Si2. The van der Waals surface area contributed by atoms with Crippen LogP contribution in [0.3, 0.4) is 0 Å². The first-order chi connectivity index (χ1) is 20.4. The van der Waals surface area contributed by atoms with Crippen LogP contribution in [0.2, 0.25) is 22.2 Å². The van der Waals surface area contributed by atoms with Gasteiger partial charge >= 0.3 is 22.8 Å². The molecule has 43 heavy (non-hydrogen) atoms. The van der Waals surface area contributed by atoms with E-state index in [4.69, 9.17) is 22.4 Å². The van der Waals surface area contributed by atoms with Crippen molar-refractivity contribution in [1.29, 1.82) is 0 Å². The van der Waals surface area contributed by atoms with E-state index in [-0.39, 0.29) is 53.7 Å². The number of benzene rings is 1. The van der Waals surface area contributed by atoms with Crippen molar-refractivity contribution in [2.45, 2.75) is 102 Å². The Hall–Kier alpha value is -2.24. The molecule has 2 saturated heterocycles. The number of carbonyl (C=O) groups excluding carboxylic acids is 1. The number of aromatic nitrogens is 2. The number of fused-ring (bicyclic) bond motifs is 1. The van der Waals surface area contributed by atoms with Gasteiger partial charge in [-0.2, -0.15) is 4.98 Å². The second-order valence-corrected chi connectivity index (χ2v) is 21.3. The summed E-state index contributed by atoms with van der Waals surface area (Å²) in [5, 5.41) is 12.3. The molecule has 0 unspecified atom stereocenters. The molecule has 1 amide bonds. The van der Waals surface area contributed by atoms with Crippen LogP contribution in [-0.2, 0) is 22.4 Å². The average molecular weight is 634 g/mol. The second-order valence-electron chi connectivity index (χ2n) is 12.5. The van der Waals surface area contributed by atoms with E-state index in [1.54, 1.807) is 30.3 Å². The number of aliphatic hydroxyl groups excluding tert-OH is 1. The van der Waals surface area contributed by atoms with Crippen LogP contribution in [0.5, 0.6) is 0 Å². The number of rotatable bonds is 10. The molecule has 0 saturated carbocycles. The molecule has 4 atom stereocenters. The molecule has 0 bridgehead atoms.